The van der Waals surface area contributed by atoms with Crippen LogP contribution >= 0.6 is 0 Å². The van der Waals surface area contributed by atoms with Gasteiger partial charge in [-0.05, 0) is 31.1 Å². The Hall–Kier alpha value is -2.27. The van der Waals surface area contributed by atoms with Crippen LogP contribution in [0.5, 0.6) is 5.75 Å². The second kappa shape index (κ2) is 6.36. The van der Waals surface area contributed by atoms with Gasteiger partial charge in [0.05, 0.1) is 32.0 Å². The van der Waals surface area contributed by atoms with E-state index < -0.39 is 0 Å². The molecule has 1 aromatic carbocycles. The predicted octanol–water partition coefficient (Wildman–Crippen LogP) is 3.76. The monoisotopic (exact) mass is 395 g/mol. The number of esters is 1. The average molecular weight is 396 g/mol. The van der Waals surface area contributed by atoms with Crippen LogP contribution in [0.15, 0.2) is 29.8 Å². The Bertz CT molecular complexity index is 1040. The number of ether oxygens (including phenoxy) is 2. The third-order valence-corrected chi connectivity index (χ3v) is 8.00. The summed E-state index contributed by atoms with van der Waals surface area (Å²) in [5, 5.41) is 1.27. The molecule has 0 N–H and O–H groups in total. The van der Waals surface area contributed by atoms with Gasteiger partial charge in [0.15, 0.2) is 0 Å². The fraction of sp³-hybridized carbons (Fsp3) is 0.542. The van der Waals surface area contributed by atoms with E-state index >= 15 is 0 Å². The number of benzene rings is 1. The molecule has 0 amide bonds. The summed E-state index contributed by atoms with van der Waals surface area (Å²) < 4.78 is 14.6. The number of quaternary nitrogens is 1. The van der Waals surface area contributed by atoms with E-state index in [1.54, 1.807) is 7.11 Å². The molecule has 0 aliphatic carbocycles. The van der Waals surface area contributed by atoms with Crippen molar-refractivity contribution in [1.29, 1.82) is 0 Å². The number of carbonyl (C=O) groups is 1. The predicted molar refractivity (Wildman–Crippen MR) is 113 cm³/mol. The number of rotatable bonds is 3. The minimum Gasteiger partial charge on any atom is -0.495 e. The standard InChI is InChI=1S/C24H31N2O3/c1-6-14-13-26(4)18-12-17-15-9-8-10-20(28-5)23(15)25(3)22(17)19(26)11-16(14)21(18)24(27)29-7-2/h6,8-10,16,18-19,21H,7,11-13H2,1-5H3/q+1/b14-6-/t16-,18-,19-,21+,26?/m0/s1. The van der Waals surface area contributed by atoms with Gasteiger partial charge in [0, 0.05) is 31.2 Å². The lowest BCUT2D eigenvalue weighted by atomic mass is 9.62. The first-order valence-corrected chi connectivity index (χ1v) is 10.8. The Balaban J connectivity index is 1.73. The van der Waals surface area contributed by atoms with Gasteiger partial charge in [0.1, 0.15) is 30.3 Å². The maximum absolute atomic E-state index is 13.1. The number of hydrogen-bond donors (Lipinski definition) is 0. The molecule has 5 nitrogen and oxygen atoms in total. The Morgan fingerprint density at radius 3 is 2.86 bits per heavy atom. The zero-order chi connectivity index (χ0) is 20.5. The third kappa shape index (κ3) is 2.28. The lowest BCUT2D eigenvalue weighted by molar-refractivity contribution is -0.977. The Kier molecular flexibility index (Phi) is 4.11. The second-order valence-corrected chi connectivity index (χ2v) is 9.06. The summed E-state index contributed by atoms with van der Waals surface area (Å²) in [6.45, 7) is 5.51. The summed E-state index contributed by atoms with van der Waals surface area (Å²) in [7, 11) is 6.28. The van der Waals surface area contributed by atoms with Crippen LogP contribution in [0.25, 0.3) is 10.9 Å². The molecule has 1 unspecified atom stereocenters. The second-order valence-electron chi connectivity index (χ2n) is 9.06. The van der Waals surface area contributed by atoms with E-state index in [2.05, 4.69) is 43.8 Å². The van der Waals surface area contributed by atoms with E-state index in [4.69, 9.17) is 9.47 Å². The number of likely N-dealkylation sites (N-methyl/N-ethyl adjacent to an activating group) is 1. The Morgan fingerprint density at radius 2 is 2.17 bits per heavy atom. The number of methoxy groups -OCH3 is 1. The van der Waals surface area contributed by atoms with Crippen molar-refractivity contribution in [1.82, 2.24) is 4.57 Å². The Morgan fingerprint density at radius 1 is 1.38 bits per heavy atom. The van der Waals surface area contributed by atoms with Crippen LogP contribution in [-0.2, 0) is 23.0 Å². The molecule has 2 aromatic rings. The van der Waals surface area contributed by atoms with Crippen LogP contribution in [0.4, 0.5) is 0 Å². The van der Waals surface area contributed by atoms with Crippen LogP contribution < -0.4 is 4.74 Å². The molecule has 0 radical (unpaired) electrons. The highest BCUT2D eigenvalue weighted by molar-refractivity contribution is 5.91. The molecule has 4 aliphatic heterocycles. The highest BCUT2D eigenvalue weighted by Crippen LogP contribution is 2.59. The van der Waals surface area contributed by atoms with E-state index in [1.807, 2.05) is 13.0 Å². The van der Waals surface area contributed by atoms with Gasteiger partial charge in [-0.15, -0.1) is 0 Å². The van der Waals surface area contributed by atoms with E-state index in [9.17, 15) is 4.79 Å². The molecule has 4 aliphatic rings. The largest absolute Gasteiger partial charge is 0.495 e. The van der Waals surface area contributed by atoms with Crippen molar-refractivity contribution < 1.29 is 18.8 Å². The molecule has 154 valence electrons. The summed E-state index contributed by atoms with van der Waals surface area (Å²) in [6.07, 6.45) is 4.17. The van der Waals surface area contributed by atoms with Crippen molar-refractivity contribution >= 4 is 16.9 Å². The molecule has 6 rings (SSSR count). The number of nitrogens with zero attached hydrogens (tertiary/aromatic N) is 2. The van der Waals surface area contributed by atoms with Crippen molar-refractivity contribution in [2.24, 2.45) is 18.9 Å². The van der Waals surface area contributed by atoms with Crippen molar-refractivity contribution in [2.45, 2.75) is 38.8 Å². The van der Waals surface area contributed by atoms with Gasteiger partial charge in [-0.3, -0.25) is 4.79 Å². The molecular weight excluding hydrogens is 364 g/mol. The topological polar surface area (TPSA) is 40.5 Å². The molecule has 5 atom stereocenters. The lowest BCUT2D eigenvalue weighted by Crippen LogP contribution is -2.71. The maximum Gasteiger partial charge on any atom is 0.315 e. The number of piperidine rings is 3. The van der Waals surface area contributed by atoms with Crippen LogP contribution in [0.2, 0.25) is 0 Å². The van der Waals surface area contributed by atoms with Gasteiger partial charge in [-0.25, -0.2) is 0 Å². The molecule has 3 fully saturated rings. The number of fused-ring (bicyclic) bond motifs is 4. The summed E-state index contributed by atoms with van der Waals surface area (Å²) in [5.41, 5.74) is 5.45. The average Bonchev–Trinajstić information content (AvgIpc) is 2.99. The minimum absolute atomic E-state index is 0.00869. The van der Waals surface area contributed by atoms with Gasteiger partial charge in [0.25, 0.3) is 0 Å². The molecule has 0 saturated carbocycles. The SMILES string of the molecule is C/C=C1/C[N+]2(C)[C@H]3C[C@@H]1[C@@H](C(=O)OCC)[C@@H]2Cc1c3n(C)c2c(OC)cccc12. The molecule has 5 heterocycles. The van der Waals surface area contributed by atoms with Gasteiger partial charge >= 0.3 is 5.97 Å². The van der Waals surface area contributed by atoms with Gasteiger partial charge < -0.3 is 18.5 Å². The van der Waals surface area contributed by atoms with E-state index in [1.165, 1.54) is 27.7 Å². The fourth-order valence-electron chi connectivity index (χ4n) is 6.79. The minimum atomic E-state index is -0.0508. The number of para-hydroxylation sites is 1. The highest BCUT2D eigenvalue weighted by atomic mass is 16.5. The third-order valence-electron chi connectivity index (χ3n) is 8.00. The van der Waals surface area contributed by atoms with Crippen LogP contribution in [0.1, 0.15) is 37.6 Å². The summed E-state index contributed by atoms with van der Waals surface area (Å²) in [4.78, 5) is 13.1. The number of aryl methyl sites for hydroxylation is 1. The Labute approximate surface area is 172 Å². The van der Waals surface area contributed by atoms with E-state index in [0.29, 0.717) is 18.6 Å². The van der Waals surface area contributed by atoms with Gasteiger partial charge in [0.2, 0.25) is 0 Å². The van der Waals surface area contributed by atoms with Crippen molar-refractivity contribution in [2.75, 3.05) is 27.3 Å². The number of carbonyl (C=O) groups excluding carboxylic acids is 1. The molecule has 1 aromatic heterocycles. The zero-order valence-corrected chi connectivity index (χ0v) is 18.1. The van der Waals surface area contributed by atoms with Gasteiger partial charge in [-0.1, -0.05) is 18.2 Å². The van der Waals surface area contributed by atoms with E-state index in [0.717, 1.165) is 29.6 Å². The molecule has 0 spiro atoms. The quantitative estimate of drug-likeness (QED) is 0.451. The first-order valence-electron chi connectivity index (χ1n) is 10.8. The first-order chi connectivity index (χ1) is 14.0. The molecule has 4 bridgehead atoms. The summed E-state index contributed by atoms with van der Waals surface area (Å²) in [6, 6.07) is 7.01. The molecule has 5 heteroatoms. The fourth-order valence-corrected chi connectivity index (χ4v) is 6.79. The number of hydrogen-bond acceptors (Lipinski definition) is 3. The van der Waals surface area contributed by atoms with Crippen molar-refractivity contribution in [3.8, 4) is 5.75 Å². The zero-order valence-electron chi connectivity index (χ0n) is 18.1. The summed E-state index contributed by atoms with van der Waals surface area (Å²) in [5.74, 6) is 1.16. The summed E-state index contributed by atoms with van der Waals surface area (Å²) >= 11 is 0. The van der Waals surface area contributed by atoms with E-state index in [-0.39, 0.29) is 17.9 Å². The number of allylic oxidation sites excluding steroid dienone is 1. The van der Waals surface area contributed by atoms with Crippen LogP contribution in [0, 0.1) is 11.8 Å². The van der Waals surface area contributed by atoms with Gasteiger partial charge in [-0.2, -0.15) is 0 Å². The van der Waals surface area contributed by atoms with Crippen LogP contribution in [0.3, 0.4) is 0 Å². The molecular formula is C24H31N2O3+. The normalized spacial score (nSPS) is 33.8. The van der Waals surface area contributed by atoms with Crippen molar-refractivity contribution in [3.05, 3.63) is 41.1 Å². The first kappa shape index (κ1) is 18.7. The van der Waals surface area contributed by atoms with Crippen LogP contribution in [-0.4, -0.2) is 48.4 Å². The number of aromatic nitrogens is 1. The lowest BCUT2D eigenvalue weighted by Gasteiger charge is -2.62. The molecule has 3 saturated heterocycles. The smallest absolute Gasteiger partial charge is 0.315 e. The molecule has 29 heavy (non-hydrogen) atoms. The highest BCUT2D eigenvalue weighted by Gasteiger charge is 2.64. The van der Waals surface area contributed by atoms with Crippen molar-refractivity contribution in [3.63, 3.8) is 0 Å². The maximum atomic E-state index is 13.1.